The number of rotatable bonds is 9. The molecular weight excluding hydrogens is 440 g/mol. The minimum atomic E-state index is -0.0588. The normalized spacial score (nSPS) is 40.2. The third-order valence-corrected chi connectivity index (χ3v) is 11.3. The summed E-state index contributed by atoms with van der Waals surface area (Å²) in [4.78, 5) is 12.2. The molecule has 0 saturated heterocycles. The quantitative estimate of drug-likeness (QED) is 0.183. The van der Waals surface area contributed by atoms with Crippen LogP contribution in [0.3, 0.4) is 0 Å². The van der Waals surface area contributed by atoms with E-state index in [0.29, 0.717) is 23.1 Å². The molecule has 4 rings (SSSR count). The third-order valence-electron chi connectivity index (χ3n) is 11.1. The largest absolute Gasteiger partial charge is 0.462 e. The Morgan fingerprint density at radius 3 is 2.59 bits per heavy atom. The van der Waals surface area contributed by atoms with Crippen LogP contribution < -0.4 is 0 Å². The first-order valence-corrected chi connectivity index (χ1v) is 15.2. The standard InChI is InChI=1S/C31H51ClO2/c1-21(2)8-6-9-22(3)26-13-14-27-25-12-11-23-20-24(34-29(33)10-7-19-32)15-17-30(23,4)28(25)16-18-31(26,27)5/h11,21-22,24-28H,6-10,12-20H2,1-5H3. The summed E-state index contributed by atoms with van der Waals surface area (Å²) >= 11 is 5.75. The van der Waals surface area contributed by atoms with Gasteiger partial charge < -0.3 is 4.74 Å². The molecule has 0 aromatic carbocycles. The first-order valence-electron chi connectivity index (χ1n) is 14.6. The maximum Gasteiger partial charge on any atom is 0.306 e. The molecule has 4 aliphatic rings. The number of carbonyl (C=O) groups is 1. The summed E-state index contributed by atoms with van der Waals surface area (Å²) in [7, 11) is 0. The van der Waals surface area contributed by atoms with E-state index in [0.717, 1.165) is 54.8 Å². The smallest absolute Gasteiger partial charge is 0.306 e. The van der Waals surface area contributed by atoms with Crippen molar-refractivity contribution in [1.82, 2.24) is 0 Å². The summed E-state index contributed by atoms with van der Waals surface area (Å²) in [6.45, 7) is 12.5. The van der Waals surface area contributed by atoms with Crippen molar-refractivity contribution in [3.8, 4) is 0 Å². The zero-order valence-corrected chi connectivity index (χ0v) is 23.5. The minimum absolute atomic E-state index is 0.0588. The zero-order chi connectivity index (χ0) is 24.5. The Bertz CT molecular complexity index is 744. The highest BCUT2D eigenvalue weighted by molar-refractivity contribution is 6.17. The van der Waals surface area contributed by atoms with Crippen LogP contribution >= 0.6 is 11.6 Å². The average Bonchev–Trinajstić information content (AvgIpc) is 3.15. The van der Waals surface area contributed by atoms with Gasteiger partial charge >= 0.3 is 5.97 Å². The highest BCUT2D eigenvalue weighted by Gasteiger charge is 2.59. The molecule has 0 aromatic rings. The molecule has 0 aliphatic heterocycles. The summed E-state index contributed by atoms with van der Waals surface area (Å²) in [6.07, 6.45) is 18.3. The first kappa shape index (κ1) is 26.6. The number of hydrogen-bond donors (Lipinski definition) is 0. The molecule has 0 N–H and O–H groups in total. The van der Waals surface area contributed by atoms with Gasteiger partial charge in [0.1, 0.15) is 6.10 Å². The zero-order valence-electron chi connectivity index (χ0n) is 22.7. The van der Waals surface area contributed by atoms with E-state index in [4.69, 9.17) is 16.3 Å². The van der Waals surface area contributed by atoms with Crippen molar-refractivity contribution in [2.24, 2.45) is 46.3 Å². The molecule has 34 heavy (non-hydrogen) atoms. The van der Waals surface area contributed by atoms with E-state index in [1.54, 1.807) is 5.57 Å². The predicted molar refractivity (Wildman–Crippen MR) is 143 cm³/mol. The summed E-state index contributed by atoms with van der Waals surface area (Å²) in [5, 5.41) is 0. The maximum absolute atomic E-state index is 12.2. The van der Waals surface area contributed by atoms with E-state index >= 15 is 0 Å². The Balaban J connectivity index is 1.41. The van der Waals surface area contributed by atoms with E-state index in [2.05, 4.69) is 40.7 Å². The van der Waals surface area contributed by atoms with Crippen LogP contribution in [-0.4, -0.2) is 18.0 Å². The van der Waals surface area contributed by atoms with Gasteiger partial charge in [-0.2, -0.15) is 0 Å². The van der Waals surface area contributed by atoms with Gasteiger partial charge in [-0.05, 0) is 97.7 Å². The second-order valence-electron chi connectivity index (χ2n) is 13.4. The number of esters is 1. The molecule has 0 aromatic heterocycles. The predicted octanol–water partition coefficient (Wildman–Crippen LogP) is 8.96. The van der Waals surface area contributed by atoms with Crippen LogP contribution in [0.5, 0.6) is 0 Å². The lowest BCUT2D eigenvalue weighted by atomic mass is 9.47. The first-order chi connectivity index (χ1) is 16.2. The van der Waals surface area contributed by atoms with E-state index in [-0.39, 0.29) is 12.1 Å². The summed E-state index contributed by atoms with van der Waals surface area (Å²) in [5.41, 5.74) is 2.48. The van der Waals surface area contributed by atoms with Crippen molar-refractivity contribution in [3.05, 3.63) is 11.6 Å². The molecule has 8 unspecified atom stereocenters. The Morgan fingerprint density at radius 2 is 1.85 bits per heavy atom. The fourth-order valence-electron chi connectivity index (χ4n) is 9.21. The van der Waals surface area contributed by atoms with Crippen LogP contribution in [0.15, 0.2) is 11.6 Å². The Kier molecular flexibility index (Phi) is 8.48. The number of ether oxygens (including phenoxy) is 1. The van der Waals surface area contributed by atoms with Crippen LogP contribution in [0.25, 0.3) is 0 Å². The Labute approximate surface area is 215 Å². The fourth-order valence-corrected chi connectivity index (χ4v) is 9.34. The number of halogens is 1. The second kappa shape index (κ2) is 10.9. The van der Waals surface area contributed by atoms with Gasteiger partial charge in [0.25, 0.3) is 0 Å². The molecule has 0 spiro atoms. The molecule has 194 valence electrons. The van der Waals surface area contributed by atoms with Gasteiger partial charge in [0, 0.05) is 18.7 Å². The van der Waals surface area contributed by atoms with Gasteiger partial charge in [0.05, 0.1) is 0 Å². The minimum Gasteiger partial charge on any atom is -0.462 e. The highest BCUT2D eigenvalue weighted by atomic mass is 35.5. The highest BCUT2D eigenvalue weighted by Crippen LogP contribution is 2.67. The SMILES string of the molecule is CC(C)CCCC(C)C1CCC2C3CC=C4CC(OC(=O)CCCCl)CCC4(C)C3CCC12C. The van der Waals surface area contributed by atoms with Crippen LogP contribution in [0.1, 0.15) is 118 Å². The van der Waals surface area contributed by atoms with E-state index < -0.39 is 0 Å². The molecule has 4 aliphatic carbocycles. The number of alkyl halides is 1. The molecule has 0 heterocycles. The molecule has 3 saturated carbocycles. The molecular formula is C31H51ClO2. The van der Waals surface area contributed by atoms with Crippen molar-refractivity contribution in [1.29, 1.82) is 0 Å². The Hall–Kier alpha value is -0.500. The van der Waals surface area contributed by atoms with Crippen molar-refractivity contribution in [2.45, 2.75) is 124 Å². The van der Waals surface area contributed by atoms with E-state index in [1.807, 2.05) is 0 Å². The van der Waals surface area contributed by atoms with E-state index in [1.165, 1.54) is 57.8 Å². The molecule has 8 atom stereocenters. The van der Waals surface area contributed by atoms with Gasteiger partial charge in [0.15, 0.2) is 0 Å². The van der Waals surface area contributed by atoms with Crippen molar-refractivity contribution in [2.75, 3.05) is 5.88 Å². The second-order valence-corrected chi connectivity index (χ2v) is 13.8. The lowest BCUT2D eigenvalue weighted by Crippen LogP contribution is -2.51. The molecule has 3 fully saturated rings. The monoisotopic (exact) mass is 490 g/mol. The summed E-state index contributed by atoms with van der Waals surface area (Å²) in [5.74, 6) is 5.70. The summed E-state index contributed by atoms with van der Waals surface area (Å²) in [6, 6.07) is 0. The average molecular weight is 491 g/mol. The van der Waals surface area contributed by atoms with E-state index in [9.17, 15) is 4.79 Å². The fraction of sp³-hybridized carbons (Fsp3) is 0.903. The van der Waals surface area contributed by atoms with Crippen LogP contribution in [0.4, 0.5) is 0 Å². The molecule has 2 nitrogen and oxygen atoms in total. The maximum atomic E-state index is 12.2. The lowest BCUT2D eigenvalue weighted by molar-refractivity contribution is -0.151. The third kappa shape index (κ3) is 5.14. The number of fused-ring (bicyclic) bond motifs is 5. The molecule has 0 bridgehead atoms. The molecule has 0 amide bonds. The molecule has 3 heteroatoms. The Morgan fingerprint density at radius 1 is 1.06 bits per heavy atom. The number of hydrogen-bond acceptors (Lipinski definition) is 2. The summed E-state index contributed by atoms with van der Waals surface area (Å²) < 4.78 is 5.86. The van der Waals surface area contributed by atoms with Gasteiger partial charge in [0.2, 0.25) is 0 Å². The van der Waals surface area contributed by atoms with Crippen molar-refractivity contribution >= 4 is 17.6 Å². The number of allylic oxidation sites excluding steroid dienone is 1. The van der Waals surface area contributed by atoms with Gasteiger partial charge in [-0.15, -0.1) is 11.6 Å². The van der Waals surface area contributed by atoms with Gasteiger partial charge in [-0.25, -0.2) is 0 Å². The number of carbonyl (C=O) groups excluding carboxylic acids is 1. The van der Waals surface area contributed by atoms with Crippen molar-refractivity contribution < 1.29 is 9.53 Å². The van der Waals surface area contributed by atoms with Crippen LogP contribution in [0, 0.1) is 46.3 Å². The lowest BCUT2D eigenvalue weighted by Gasteiger charge is -2.58. The molecule has 0 radical (unpaired) electrons. The van der Waals surface area contributed by atoms with Crippen LogP contribution in [-0.2, 0) is 9.53 Å². The van der Waals surface area contributed by atoms with Gasteiger partial charge in [-0.3, -0.25) is 4.79 Å². The van der Waals surface area contributed by atoms with Crippen molar-refractivity contribution in [3.63, 3.8) is 0 Å². The van der Waals surface area contributed by atoms with Gasteiger partial charge in [-0.1, -0.05) is 65.5 Å². The topological polar surface area (TPSA) is 26.3 Å². The van der Waals surface area contributed by atoms with Crippen LogP contribution in [0.2, 0.25) is 0 Å².